The van der Waals surface area contributed by atoms with E-state index in [0.29, 0.717) is 24.2 Å². The fourth-order valence-electron chi connectivity index (χ4n) is 1.54. The number of amides is 2. The topological polar surface area (TPSA) is 58.2 Å². The Balaban J connectivity index is 2.17. The van der Waals surface area contributed by atoms with Crippen LogP contribution in [0.25, 0.3) is 0 Å². The molecule has 2 amide bonds. The van der Waals surface area contributed by atoms with Crippen LogP contribution in [0.3, 0.4) is 0 Å². The molecule has 0 aromatic heterocycles. The molecule has 0 atom stereocenters. The van der Waals surface area contributed by atoms with Crippen molar-refractivity contribution in [3.63, 3.8) is 0 Å². The minimum Gasteiger partial charge on any atom is -0.351 e. The summed E-state index contributed by atoms with van der Waals surface area (Å²) in [7, 11) is 3.40. The summed E-state index contributed by atoms with van der Waals surface area (Å²) in [6.07, 6.45) is 0. The van der Waals surface area contributed by atoms with E-state index in [1.54, 1.807) is 45.9 Å². The Morgan fingerprint density at radius 2 is 1.39 bits per heavy atom. The van der Waals surface area contributed by atoms with E-state index in [9.17, 15) is 9.59 Å². The first-order valence-corrected chi connectivity index (χ1v) is 8.17. The lowest BCUT2D eigenvalue weighted by Crippen LogP contribution is -2.27. The second kappa shape index (κ2) is 6.70. The van der Waals surface area contributed by atoms with Crippen LogP contribution in [0.15, 0.2) is 24.3 Å². The number of carbonyl (C=O) groups excluding carboxylic acids is 2. The van der Waals surface area contributed by atoms with Crippen LogP contribution in [0.1, 0.15) is 20.7 Å². The van der Waals surface area contributed by atoms with Gasteiger partial charge in [-0.15, -0.1) is 0 Å². The number of fused-ring (bicyclic) bond motifs is 2. The SMILES string of the molecule is O=C1NCCSSCCNC(=O)c2cccc1c2. The largest absolute Gasteiger partial charge is 0.351 e. The predicted molar refractivity (Wildman–Crippen MR) is 76.0 cm³/mol. The molecular weight excluding hydrogens is 268 g/mol. The van der Waals surface area contributed by atoms with Crippen molar-refractivity contribution in [1.82, 2.24) is 10.6 Å². The minimum absolute atomic E-state index is 0.130. The highest BCUT2D eigenvalue weighted by molar-refractivity contribution is 8.76. The third-order valence-corrected chi connectivity index (χ3v) is 4.82. The fraction of sp³-hybridized carbons (Fsp3) is 0.333. The van der Waals surface area contributed by atoms with Gasteiger partial charge in [-0.2, -0.15) is 0 Å². The lowest BCUT2D eigenvalue weighted by atomic mass is 10.1. The van der Waals surface area contributed by atoms with Crippen LogP contribution in [-0.2, 0) is 0 Å². The van der Waals surface area contributed by atoms with Gasteiger partial charge in [0.15, 0.2) is 0 Å². The zero-order valence-corrected chi connectivity index (χ0v) is 11.4. The summed E-state index contributed by atoms with van der Waals surface area (Å²) < 4.78 is 0. The molecule has 0 fully saturated rings. The first-order chi connectivity index (χ1) is 8.77. The molecule has 0 aliphatic carbocycles. The van der Waals surface area contributed by atoms with Crippen LogP contribution in [0.4, 0.5) is 0 Å². The van der Waals surface area contributed by atoms with Crippen LogP contribution in [0, 0.1) is 0 Å². The lowest BCUT2D eigenvalue weighted by molar-refractivity contribution is 0.0955. The van der Waals surface area contributed by atoms with E-state index in [1.807, 2.05) is 0 Å². The smallest absolute Gasteiger partial charge is 0.251 e. The van der Waals surface area contributed by atoms with Crippen molar-refractivity contribution in [2.45, 2.75) is 0 Å². The van der Waals surface area contributed by atoms with Crippen molar-refractivity contribution in [2.75, 3.05) is 24.6 Å². The minimum atomic E-state index is -0.130. The summed E-state index contributed by atoms with van der Waals surface area (Å²) in [5, 5.41) is 5.68. The molecule has 96 valence electrons. The summed E-state index contributed by atoms with van der Waals surface area (Å²) in [5.74, 6) is 1.47. The van der Waals surface area contributed by atoms with E-state index in [1.165, 1.54) is 0 Å². The molecule has 0 saturated heterocycles. The van der Waals surface area contributed by atoms with Gasteiger partial charge in [-0.1, -0.05) is 27.7 Å². The summed E-state index contributed by atoms with van der Waals surface area (Å²) in [6.45, 7) is 1.28. The number of nitrogens with one attached hydrogen (secondary N) is 2. The Kier molecular flexibility index (Phi) is 4.95. The number of rotatable bonds is 0. The zero-order valence-electron chi connectivity index (χ0n) is 9.77. The molecule has 2 N–H and O–H groups in total. The Bertz CT molecular complexity index is 414. The maximum atomic E-state index is 11.8. The second-order valence-corrected chi connectivity index (χ2v) is 6.44. The highest BCUT2D eigenvalue weighted by Crippen LogP contribution is 2.19. The standard InChI is InChI=1S/C12H14N2O2S2/c15-11-9-2-1-3-10(8-9)12(16)14-5-7-18-17-6-4-13-11/h1-3,8H,4-7H2,(H,13,15)(H,14,16). The van der Waals surface area contributed by atoms with Crippen LogP contribution in [0.2, 0.25) is 0 Å². The number of carbonyl (C=O) groups is 2. The van der Waals surface area contributed by atoms with Gasteiger partial charge in [-0.25, -0.2) is 0 Å². The van der Waals surface area contributed by atoms with E-state index in [2.05, 4.69) is 10.6 Å². The first-order valence-electron chi connectivity index (χ1n) is 5.68. The second-order valence-electron chi connectivity index (χ2n) is 3.74. The molecule has 0 saturated carbocycles. The molecule has 1 aliphatic heterocycles. The summed E-state index contributed by atoms with van der Waals surface area (Å²) in [6, 6.07) is 6.79. The van der Waals surface area contributed by atoms with E-state index in [0.717, 1.165) is 11.5 Å². The van der Waals surface area contributed by atoms with Gasteiger partial charge < -0.3 is 10.6 Å². The summed E-state index contributed by atoms with van der Waals surface area (Å²) in [4.78, 5) is 23.7. The van der Waals surface area contributed by atoms with Gasteiger partial charge in [0.25, 0.3) is 11.8 Å². The van der Waals surface area contributed by atoms with Gasteiger partial charge in [0.2, 0.25) is 0 Å². The van der Waals surface area contributed by atoms with Gasteiger partial charge in [0.05, 0.1) is 0 Å². The van der Waals surface area contributed by atoms with Gasteiger partial charge >= 0.3 is 0 Å². The van der Waals surface area contributed by atoms with E-state index < -0.39 is 0 Å². The molecule has 2 bridgehead atoms. The normalized spacial score (nSPS) is 17.8. The van der Waals surface area contributed by atoms with Crippen molar-refractivity contribution in [3.05, 3.63) is 35.4 Å². The molecule has 0 unspecified atom stereocenters. The van der Waals surface area contributed by atoms with E-state index in [-0.39, 0.29) is 11.8 Å². The maximum absolute atomic E-state index is 11.8. The van der Waals surface area contributed by atoms with Crippen molar-refractivity contribution in [2.24, 2.45) is 0 Å². The van der Waals surface area contributed by atoms with E-state index >= 15 is 0 Å². The number of hydrogen-bond acceptors (Lipinski definition) is 4. The van der Waals surface area contributed by atoms with Crippen LogP contribution < -0.4 is 10.6 Å². The highest BCUT2D eigenvalue weighted by Gasteiger charge is 2.10. The number of benzene rings is 1. The zero-order chi connectivity index (χ0) is 12.8. The quantitative estimate of drug-likeness (QED) is 0.709. The Labute approximate surface area is 114 Å². The average Bonchev–Trinajstić information content (AvgIpc) is 2.41. The molecule has 6 heteroatoms. The van der Waals surface area contributed by atoms with Gasteiger partial charge in [0.1, 0.15) is 0 Å². The Morgan fingerprint density at radius 3 is 1.89 bits per heavy atom. The van der Waals surface area contributed by atoms with Crippen LogP contribution >= 0.6 is 21.6 Å². The molecule has 18 heavy (non-hydrogen) atoms. The highest BCUT2D eigenvalue weighted by atomic mass is 33.1. The molecule has 2 rings (SSSR count). The van der Waals surface area contributed by atoms with Crippen molar-refractivity contribution >= 4 is 33.4 Å². The van der Waals surface area contributed by atoms with Crippen molar-refractivity contribution in [3.8, 4) is 0 Å². The van der Waals surface area contributed by atoms with Gasteiger partial charge in [-0.3, -0.25) is 9.59 Å². The summed E-state index contributed by atoms with van der Waals surface area (Å²) in [5.41, 5.74) is 1.05. The predicted octanol–water partition coefficient (Wildman–Crippen LogP) is 1.54. The van der Waals surface area contributed by atoms with Gasteiger partial charge in [-0.05, 0) is 18.2 Å². The molecular formula is C12H14N2O2S2. The monoisotopic (exact) mass is 282 g/mol. The molecule has 0 spiro atoms. The van der Waals surface area contributed by atoms with Crippen LogP contribution in [-0.4, -0.2) is 36.4 Å². The molecule has 4 nitrogen and oxygen atoms in total. The first kappa shape index (κ1) is 13.3. The van der Waals surface area contributed by atoms with Gasteiger partial charge in [0, 0.05) is 35.7 Å². The van der Waals surface area contributed by atoms with Crippen molar-refractivity contribution < 1.29 is 9.59 Å². The summed E-state index contributed by atoms with van der Waals surface area (Å²) >= 11 is 0. The molecule has 1 aromatic carbocycles. The van der Waals surface area contributed by atoms with Crippen molar-refractivity contribution in [1.29, 1.82) is 0 Å². The molecule has 1 heterocycles. The maximum Gasteiger partial charge on any atom is 0.251 e. The Hall–Kier alpha value is -1.14. The van der Waals surface area contributed by atoms with Crippen LogP contribution in [0.5, 0.6) is 0 Å². The lowest BCUT2D eigenvalue weighted by Gasteiger charge is -2.05. The number of hydrogen-bond donors (Lipinski definition) is 2. The molecule has 0 radical (unpaired) electrons. The average molecular weight is 282 g/mol. The fourth-order valence-corrected chi connectivity index (χ4v) is 3.35. The molecule has 1 aliphatic rings. The Morgan fingerprint density at radius 1 is 0.889 bits per heavy atom. The third kappa shape index (κ3) is 3.68. The molecule has 1 aromatic rings. The van der Waals surface area contributed by atoms with E-state index in [4.69, 9.17) is 0 Å². The third-order valence-electron chi connectivity index (χ3n) is 2.41.